The van der Waals surface area contributed by atoms with Crippen LogP contribution in [0, 0.1) is 0 Å². The highest BCUT2D eigenvalue weighted by Crippen LogP contribution is 2.34. The summed E-state index contributed by atoms with van der Waals surface area (Å²) in [5.74, 6) is 2.11. The molecule has 1 aromatic carbocycles. The topological polar surface area (TPSA) is 94.2 Å². The third-order valence-electron chi connectivity index (χ3n) is 8.39. The summed E-state index contributed by atoms with van der Waals surface area (Å²) in [5.41, 5.74) is 3.58. The van der Waals surface area contributed by atoms with E-state index in [1.165, 1.54) is 83.0 Å². The molecule has 9 nitrogen and oxygen atoms in total. The van der Waals surface area contributed by atoms with Gasteiger partial charge in [-0.25, -0.2) is 4.98 Å². The first-order valence-electron chi connectivity index (χ1n) is 14.2. The zero-order chi connectivity index (χ0) is 25.0. The third-order valence-corrected chi connectivity index (χ3v) is 8.39. The summed E-state index contributed by atoms with van der Waals surface area (Å²) in [6, 6.07) is 7.58. The summed E-state index contributed by atoms with van der Waals surface area (Å²) in [4.78, 5) is 22.3. The largest absolute Gasteiger partial charge is 0.494 e. The van der Waals surface area contributed by atoms with Gasteiger partial charge in [-0.15, -0.1) is 0 Å². The average molecular weight is 505 g/mol. The minimum atomic E-state index is 0.435. The summed E-state index contributed by atoms with van der Waals surface area (Å²) in [6.45, 7) is 4.74. The van der Waals surface area contributed by atoms with Gasteiger partial charge in [-0.1, -0.05) is 25.7 Å². The highest BCUT2D eigenvalue weighted by molar-refractivity contribution is 5.84. The van der Waals surface area contributed by atoms with Gasteiger partial charge in [0.1, 0.15) is 11.3 Å². The van der Waals surface area contributed by atoms with Crippen molar-refractivity contribution in [3.05, 3.63) is 24.5 Å². The van der Waals surface area contributed by atoms with Gasteiger partial charge in [-0.2, -0.15) is 9.97 Å². The number of nitrogens with one attached hydrogen (secondary N) is 3. The van der Waals surface area contributed by atoms with Gasteiger partial charge < -0.3 is 30.2 Å². The first-order valence-corrected chi connectivity index (χ1v) is 14.2. The van der Waals surface area contributed by atoms with Crippen molar-refractivity contribution >= 4 is 34.3 Å². The fraction of sp³-hybridized carbons (Fsp3) is 0.607. The summed E-state index contributed by atoms with van der Waals surface area (Å²) in [7, 11) is 1.72. The van der Waals surface area contributed by atoms with Crippen LogP contribution in [0.1, 0.15) is 64.2 Å². The molecule has 3 aromatic rings. The molecule has 2 aliphatic heterocycles. The average Bonchev–Trinajstić information content (AvgIpc) is 3.44. The molecule has 9 heteroatoms. The van der Waals surface area contributed by atoms with Crippen LogP contribution >= 0.6 is 0 Å². The summed E-state index contributed by atoms with van der Waals surface area (Å²) in [5, 5.41) is 7.03. The molecule has 2 aromatic heterocycles. The quantitative estimate of drug-likeness (QED) is 0.399. The number of ether oxygens (including phenoxy) is 1. The number of fused-ring (bicyclic) bond motifs is 1. The lowest BCUT2D eigenvalue weighted by molar-refractivity contribution is 0.141. The minimum absolute atomic E-state index is 0.435. The maximum Gasteiger partial charge on any atom is 0.231 e. The van der Waals surface area contributed by atoms with Crippen LogP contribution in [-0.4, -0.2) is 70.2 Å². The first kappa shape index (κ1) is 24.3. The molecule has 3 aliphatic rings. The van der Waals surface area contributed by atoms with Crippen molar-refractivity contribution in [3.8, 4) is 5.75 Å². The zero-order valence-electron chi connectivity index (χ0n) is 22.0. The van der Waals surface area contributed by atoms with Crippen molar-refractivity contribution < 1.29 is 4.74 Å². The van der Waals surface area contributed by atoms with Crippen molar-refractivity contribution in [2.24, 2.45) is 0 Å². The molecule has 198 valence electrons. The molecule has 3 fully saturated rings. The second kappa shape index (κ2) is 11.1. The zero-order valence-corrected chi connectivity index (χ0v) is 22.0. The van der Waals surface area contributed by atoms with E-state index in [2.05, 4.69) is 53.6 Å². The second-order valence-corrected chi connectivity index (χ2v) is 10.8. The summed E-state index contributed by atoms with van der Waals surface area (Å²) < 4.78 is 5.80. The molecule has 1 saturated carbocycles. The highest BCUT2D eigenvalue weighted by atomic mass is 16.5. The molecule has 3 N–H and O–H groups in total. The molecular formula is C28H40N8O. The Morgan fingerprint density at radius 2 is 1.70 bits per heavy atom. The van der Waals surface area contributed by atoms with Gasteiger partial charge in [0.15, 0.2) is 11.5 Å². The van der Waals surface area contributed by atoms with E-state index in [1.807, 2.05) is 0 Å². The number of nitrogens with zero attached hydrogens (tertiary/aromatic N) is 5. The van der Waals surface area contributed by atoms with Crippen molar-refractivity contribution in [3.63, 3.8) is 0 Å². The van der Waals surface area contributed by atoms with Crippen LogP contribution < -0.4 is 20.3 Å². The number of likely N-dealkylation sites (tertiary alicyclic amines) is 1. The highest BCUT2D eigenvalue weighted by Gasteiger charge is 2.26. The SMILES string of the molecule is COc1cc(N2CCC(N3CCCCC3)CC2)ccc1Nc1nc(NC2CCCCC2)c2nc[nH]c2n1. The number of anilines is 4. The fourth-order valence-corrected chi connectivity index (χ4v) is 6.31. The number of hydrogen-bond acceptors (Lipinski definition) is 8. The number of H-pyrrole nitrogens is 1. The Kier molecular flexibility index (Phi) is 7.30. The predicted octanol–water partition coefficient (Wildman–Crippen LogP) is 5.30. The number of aromatic amines is 1. The fourth-order valence-electron chi connectivity index (χ4n) is 6.31. The molecule has 1 aliphatic carbocycles. The van der Waals surface area contributed by atoms with Crippen LogP contribution in [0.25, 0.3) is 11.2 Å². The van der Waals surface area contributed by atoms with Crippen LogP contribution in [-0.2, 0) is 0 Å². The Balaban J connectivity index is 1.16. The van der Waals surface area contributed by atoms with E-state index in [9.17, 15) is 0 Å². The van der Waals surface area contributed by atoms with Crippen molar-refractivity contribution in [2.45, 2.75) is 76.3 Å². The van der Waals surface area contributed by atoms with Gasteiger partial charge >= 0.3 is 0 Å². The molecule has 4 heterocycles. The van der Waals surface area contributed by atoms with Crippen LogP contribution in [0.4, 0.5) is 23.1 Å². The smallest absolute Gasteiger partial charge is 0.231 e. The van der Waals surface area contributed by atoms with E-state index in [0.29, 0.717) is 12.0 Å². The molecule has 6 rings (SSSR count). The van der Waals surface area contributed by atoms with E-state index in [-0.39, 0.29) is 0 Å². The maximum atomic E-state index is 5.80. The Hall–Kier alpha value is -3.07. The molecule has 0 bridgehead atoms. The van der Waals surface area contributed by atoms with E-state index in [0.717, 1.165) is 47.5 Å². The van der Waals surface area contributed by atoms with Gasteiger partial charge in [0.2, 0.25) is 5.95 Å². The van der Waals surface area contributed by atoms with Crippen LogP contribution in [0.5, 0.6) is 5.75 Å². The Morgan fingerprint density at radius 3 is 2.49 bits per heavy atom. The van der Waals surface area contributed by atoms with E-state index in [1.54, 1.807) is 13.4 Å². The van der Waals surface area contributed by atoms with Gasteiger partial charge in [0.05, 0.1) is 19.1 Å². The van der Waals surface area contributed by atoms with Gasteiger partial charge in [-0.3, -0.25) is 0 Å². The van der Waals surface area contributed by atoms with Crippen molar-refractivity contribution in [1.29, 1.82) is 0 Å². The molecule has 0 atom stereocenters. The lowest BCUT2D eigenvalue weighted by Gasteiger charge is -2.41. The van der Waals surface area contributed by atoms with Crippen LogP contribution in [0.15, 0.2) is 24.5 Å². The van der Waals surface area contributed by atoms with Gasteiger partial charge in [0, 0.05) is 36.9 Å². The Labute approximate surface area is 219 Å². The number of imidazole rings is 1. The standard InChI is InChI=1S/C28H40N8O/c1-37-24-18-22(36-16-12-21(13-17-36)35-14-6-3-7-15-35)10-11-23(24)32-28-33-26-25(29-19-30-26)27(34-28)31-20-8-4-2-5-9-20/h10-11,18-21H,2-9,12-17H2,1H3,(H3,29,30,31,32,33,34). The number of benzene rings is 1. The molecule has 2 saturated heterocycles. The normalized spacial score (nSPS) is 20.3. The predicted molar refractivity (Wildman–Crippen MR) is 149 cm³/mol. The molecule has 0 radical (unpaired) electrons. The third kappa shape index (κ3) is 5.46. The second-order valence-electron chi connectivity index (χ2n) is 10.8. The molecule has 0 unspecified atom stereocenters. The number of piperidine rings is 2. The molecular weight excluding hydrogens is 464 g/mol. The minimum Gasteiger partial charge on any atom is -0.494 e. The lowest BCUT2D eigenvalue weighted by atomic mass is 9.95. The Bertz CT molecular complexity index is 1180. The summed E-state index contributed by atoms with van der Waals surface area (Å²) in [6.07, 6.45) is 14.4. The number of rotatable bonds is 7. The van der Waals surface area contributed by atoms with Crippen molar-refractivity contribution in [1.82, 2.24) is 24.8 Å². The lowest BCUT2D eigenvalue weighted by Crippen LogP contribution is -2.46. The van der Waals surface area contributed by atoms with Gasteiger partial charge in [-0.05, 0) is 63.7 Å². The number of hydrogen-bond donors (Lipinski definition) is 3. The molecule has 37 heavy (non-hydrogen) atoms. The monoisotopic (exact) mass is 504 g/mol. The summed E-state index contributed by atoms with van der Waals surface area (Å²) >= 11 is 0. The molecule has 0 spiro atoms. The van der Waals surface area contributed by atoms with E-state index < -0.39 is 0 Å². The van der Waals surface area contributed by atoms with E-state index in [4.69, 9.17) is 9.72 Å². The van der Waals surface area contributed by atoms with E-state index >= 15 is 0 Å². The van der Waals surface area contributed by atoms with Crippen molar-refractivity contribution in [2.75, 3.05) is 48.8 Å². The first-order chi connectivity index (χ1) is 18.3. The maximum absolute atomic E-state index is 5.80. The number of aromatic nitrogens is 4. The number of methoxy groups -OCH3 is 1. The Morgan fingerprint density at radius 1 is 0.919 bits per heavy atom. The van der Waals surface area contributed by atoms with Crippen LogP contribution in [0.2, 0.25) is 0 Å². The molecule has 0 amide bonds. The van der Waals surface area contributed by atoms with Gasteiger partial charge in [0.25, 0.3) is 0 Å². The van der Waals surface area contributed by atoms with Crippen LogP contribution in [0.3, 0.4) is 0 Å².